The first-order valence-corrected chi connectivity index (χ1v) is 6.72. The van der Waals surface area contributed by atoms with Crippen LogP contribution < -0.4 is 0 Å². The highest BCUT2D eigenvalue weighted by Crippen LogP contribution is 2.06. The lowest BCUT2D eigenvalue weighted by molar-refractivity contribution is -0.137. The Morgan fingerprint density at radius 1 is 1.17 bits per heavy atom. The quantitative estimate of drug-likeness (QED) is 0.580. The van der Waals surface area contributed by atoms with Crippen LogP contribution in [0.4, 0.5) is 4.39 Å². The molecule has 0 amide bonds. The second-order valence-corrected chi connectivity index (χ2v) is 5.60. The van der Waals surface area contributed by atoms with E-state index in [1.807, 2.05) is 0 Å². The van der Waals surface area contributed by atoms with Crippen LogP contribution in [-0.4, -0.2) is 38.8 Å². The summed E-state index contributed by atoms with van der Waals surface area (Å²) < 4.78 is 39.7. The van der Waals surface area contributed by atoms with Gasteiger partial charge in [0.15, 0.2) is 15.6 Å². The minimum absolute atomic E-state index is 0.0739. The third-order valence-corrected chi connectivity index (χ3v) is 3.46. The van der Waals surface area contributed by atoms with Gasteiger partial charge in [-0.25, -0.2) is 12.8 Å². The van der Waals surface area contributed by atoms with E-state index >= 15 is 0 Å². The smallest absolute Gasteiger partial charge is 0.320 e. The number of halogens is 1. The third kappa shape index (κ3) is 4.25. The van der Waals surface area contributed by atoms with Gasteiger partial charge in [-0.3, -0.25) is 9.59 Å². The Kier molecular flexibility index (Phi) is 4.55. The van der Waals surface area contributed by atoms with Crippen molar-refractivity contribution in [2.24, 2.45) is 0 Å². The molecule has 0 aliphatic rings. The fourth-order valence-corrected chi connectivity index (χ4v) is 2.35. The van der Waals surface area contributed by atoms with Crippen molar-refractivity contribution in [3.05, 3.63) is 35.6 Å². The fourth-order valence-electron chi connectivity index (χ4n) is 1.21. The van der Waals surface area contributed by atoms with Crippen LogP contribution in [0, 0.1) is 5.82 Å². The summed E-state index contributed by atoms with van der Waals surface area (Å²) in [7, 11) is -2.81. The number of carbonyl (C=O) groups is 2. The van der Waals surface area contributed by atoms with Gasteiger partial charge in [0.2, 0.25) is 0 Å². The van der Waals surface area contributed by atoms with Gasteiger partial charge in [0.25, 0.3) is 0 Å². The van der Waals surface area contributed by atoms with Crippen molar-refractivity contribution in [2.45, 2.75) is 0 Å². The Morgan fingerprint density at radius 2 is 1.72 bits per heavy atom. The molecule has 1 aromatic carbocycles. The predicted molar refractivity (Wildman–Crippen MR) is 61.4 cm³/mol. The van der Waals surface area contributed by atoms with Gasteiger partial charge in [-0.05, 0) is 24.3 Å². The first-order chi connectivity index (χ1) is 8.34. The minimum Gasteiger partial charge on any atom is -0.468 e. The SMILES string of the molecule is COC(=O)CS(=O)(=O)CC(=O)c1ccc(F)cc1. The Labute approximate surface area is 103 Å². The lowest BCUT2D eigenvalue weighted by Crippen LogP contribution is -2.24. The van der Waals surface area contributed by atoms with E-state index < -0.39 is 38.9 Å². The first kappa shape index (κ1) is 14.3. The Morgan fingerprint density at radius 3 is 2.22 bits per heavy atom. The Hall–Kier alpha value is -1.76. The third-order valence-electron chi connectivity index (χ3n) is 2.08. The zero-order valence-electron chi connectivity index (χ0n) is 9.55. The average Bonchev–Trinajstić information content (AvgIpc) is 2.28. The van der Waals surface area contributed by atoms with Crippen LogP contribution >= 0.6 is 0 Å². The molecule has 0 bridgehead atoms. The molecule has 7 heteroatoms. The van der Waals surface area contributed by atoms with Gasteiger partial charge in [0, 0.05) is 5.56 Å². The van der Waals surface area contributed by atoms with Gasteiger partial charge in [0.1, 0.15) is 17.3 Å². The monoisotopic (exact) mass is 274 g/mol. The number of rotatable bonds is 5. The number of ether oxygens (including phenoxy) is 1. The number of ketones is 1. The highest BCUT2D eigenvalue weighted by molar-refractivity contribution is 7.92. The van der Waals surface area contributed by atoms with Crippen LogP contribution in [0.25, 0.3) is 0 Å². The first-order valence-electron chi connectivity index (χ1n) is 4.90. The summed E-state index contributed by atoms with van der Waals surface area (Å²) in [6.45, 7) is 0. The predicted octanol–water partition coefficient (Wildman–Crippen LogP) is 0.596. The molecule has 18 heavy (non-hydrogen) atoms. The van der Waals surface area contributed by atoms with E-state index in [0.717, 1.165) is 19.2 Å². The van der Waals surface area contributed by atoms with Crippen LogP contribution in [0.2, 0.25) is 0 Å². The molecule has 0 N–H and O–H groups in total. The number of sulfone groups is 1. The second-order valence-electron chi connectivity index (χ2n) is 3.54. The molecule has 5 nitrogen and oxygen atoms in total. The molecule has 1 aromatic rings. The molecule has 0 heterocycles. The van der Waals surface area contributed by atoms with Crippen molar-refractivity contribution in [3.8, 4) is 0 Å². The molecule has 0 atom stereocenters. The van der Waals surface area contributed by atoms with Crippen LogP contribution in [-0.2, 0) is 19.4 Å². The highest BCUT2D eigenvalue weighted by Gasteiger charge is 2.22. The van der Waals surface area contributed by atoms with Gasteiger partial charge < -0.3 is 4.74 Å². The Balaban J connectivity index is 2.76. The maximum Gasteiger partial charge on any atom is 0.320 e. The van der Waals surface area contributed by atoms with E-state index in [1.165, 1.54) is 12.1 Å². The van der Waals surface area contributed by atoms with Gasteiger partial charge in [-0.1, -0.05) is 0 Å². The number of carbonyl (C=O) groups excluding carboxylic acids is 2. The summed E-state index contributed by atoms with van der Waals surface area (Å²) in [4.78, 5) is 22.4. The van der Waals surface area contributed by atoms with Crippen LogP contribution in [0.15, 0.2) is 24.3 Å². The van der Waals surface area contributed by atoms with E-state index in [9.17, 15) is 22.4 Å². The molecule has 0 saturated carbocycles. The van der Waals surface area contributed by atoms with E-state index in [1.54, 1.807) is 0 Å². The second kappa shape index (κ2) is 5.72. The van der Waals surface area contributed by atoms with Crippen molar-refractivity contribution >= 4 is 21.6 Å². The van der Waals surface area contributed by atoms with E-state index in [-0.39, 0.29) is 5.56 Å². The molecule has 0 fully saturated rings. The zero-order valence-corrected chi connectivity index (χ0v) is 10.4. The number of hydrogen-bond donors (Lipinski definition) is 0. The lowest BCUT2D eigenvalue weighted by Gasteiger charge is -2.03. The molecule has 0 saturated heterocycles. The Bertz CT molecular complexity index is 547. The van der Waals surface area contributed by atoms with Crippen molar-refractivity contribution in [3.63, 3.8) is 0 Å². The molecule has 0 aromatic heterocycles. The molecule has 0 aliphatic carbocycles. The molecule has 0 radical (unpaired) electrons. The van der Waals surface area contributed by atoms with Crippen molar-refractivity contribution in [2.75, 3.05) is 18.6 Å². The van der Waals surface area contributed by atoms with Crippen LogP contribution in [0.5, 0.6) is 0 Å². The fraction of sp³-hybridized carbons (Fsp3) is 0.273. The molecule has 98 valence electrons. The van der Waals surface area contributed by atoms with Crippen molar-refractivity contribution < 1.29 is 27.1 Å². The maximum absolute atomic E-state index is 12.6. The van der Waals surface area contributed by atoms with Crippen LogP contribution in [0.1, 0.15) is 10.4 Å². The molecule has 0 aliphatic heterocycles. The van der Waals surface area contributed by atoms with Crippen molar-refractivity contribution in [1.29, 1.82) is 0 Å². The van der Waals surface area contributed by atoms with E-state index in [4.69, 9.17) is 0 Å². The summed E-state index contributed by atoms with van der Waals surface area (Å²) >= 11 is 0. The topological polar surface area (TPSA) is 77.5 Å². The summed E-state index contributed by atoms with van der Waals surface area (Å²) in [5.41, 5.74) is 0.0739. The molecule has 0 unspecified atom stereocenters. The minimum atomic E-state index is -3.87. The zero-order chi connectivity index (χ0) is 13.8. The standard InChI is InChI=1S/C11H11FO5S/c1-17-11(14)7-18(15,16)6-10(13)8-2-4-9(12)5-3-8/h2-5H,6-7H2,1H3. The molecular formula is C11H11FO5S. The largest absolute Gasteiger partial charge is 0.468 e. The van der Waals surface area contributed by atoms with E-state index in [2.05, 4.69) is 4.74 Å². The van der Waals surface area contributed by atoms with Gasteiger partial charge in [-0.2, -0.15) is 0 Å². The number of esters is 1. The van der Waals surface area contributed by atoms with Gasteiger partial charge in [0.05, 0.1) is 7.11 Å². The van der Waals surface area contributed by atoms with Crippen molar-refractivity contribution in [1.82, 2.24) is 0 Å². The molecular weight excluding hydrogens is 263 g/mol. The van der Waals surface area contributed by atoms with E-state index in [0.29, 0.717) is 0 Å². The molecule has 0 spiro atoms. The normalized spacial score (nSPS) is 11.0. The number of benzene rings is 1. The summed E-state index contributed by atoms with van der Waals surface area (Å²) in [5, 5.41) is 0. The number of methoxy groups -OCH3 is 1. The average molecular weight is 274 g/mol. The maximum atomic E-state index is 12.6. The van der Waals surface area contributed by atoms with Gasteiger partial charge in [-0.15, -0.1) is 0 Å². The number of hydrogen-bond acceptors (Lipinski definition) is 5. The highest BCUT2D eigenvalue weighted by atomic mass is 32.2. The van der Waals surface area contributed by atoms with Gasteiger partial charge >= 0.3 is 5.97 Å². The van der Waals surface area contributed by atoms with Crippen LogP contribution in [0.3, 0.4) is 0 Å². The summed E-state index contributed by atoms with van der Waals surface area (Å²) in [6, 6.07) is 4.48. The molecule has 1 rings (SSSR count). The lowest BCUT2D eigenvalue weighted by atomic mass is 10.1. The summed E-state index contributed by atoms with van der Waals surface area (Å²) in [5.74, 6) is -3.81. The number of Topliss-reactive ketones (excluding diaryl/α,β-unsaturated/α-hetero) is 1. The summed E-state index contributed by atoms with van der Waals surface area (Å²) in [6.07, 6.45) is 0.